The van der Waals surface area contributed by atoms with Gasteiger partial charge in [-0.15, -0.1) is 0 Å². The van der Waals surface area contributed by atoms with Gasteiger partial charge >= 0.3 is 18.4 Å². The molecule has 228 valence electrons. The van der Waals surface area contributed by atoms with Crippen LogP contribution in [0.4, 0.5) is 36.8 Å². The van der Waals surface area contributed by atoms with Gasteiger partial charge in [0.2, 0.25) is 0 Å². The van der Waals surface area contributed by atoms with Gasteiger partial charge in [0, 0.05) is 19.3 Å². The molecular weight excluding hydrogens is 578 g/mol. The van der Waals surface area contributed by atoms with Gasteiger partial charge < -0.3 is 15.0 Å². The van der Waals surface area contributed by atoms with E-state index in [1.165, 1.54) is 11.7 Å². The van der Waals surface area contributed by atoms with Crippen molar-refractivity contribution in [3.05, 3.63) is 99.1 Å². The number of rotatable bonds is 7. The summed E-state index contributed by atoms with van der Waals surface area (Å²) in [6, 6.07) is 10.7. The number of hydrogen-bond donors (Lipinski definition) is 1. The van der Waals surface area contributed by atoms with Crippen LogP contribution in [-0.2, 0) is 17.1 Å². The minimum atomic E-state index is -5.10. The molecule has 0 fully saturated rings. The van der Waals surface area contributed by atoms with Gasteiger partial charge in [-0.1, -0.05) is 18.2 Å². The number of amides is 2. The molecule has 0 radical (unpaired) electrons. The van der Waals surface area contributed by atoms with Crippen LogP contribution in [0.5, 0.6) is 0 Å². The first kappa shape index (κ1) is 31.5. The molecule has 0 aliphatic heterocycles. The highest BCUT2D eigenvalue weighted by Crippen LogP contribution is 2.38. The summed E-state index contributed by atoms with van der Waals surface area (Å²) in [5.74, 6) is 0.123. The van der Waals surface area contributed by atoms with Crippen LogP contribution in [0.2, 0.25) is 0 Å². The van der Waals surface area contributed by atoms with E-state index in [0.717, 1.165) is 16.0 Å². The Kier molecular flexibility index (Phi) is 8.86. The summed E-state index contributed by atoms with van der Waals surface area (Å²) in [6.45, 7) is 5.15. The number of para-hydroxylation sites is 1. The molecule has 2 amide bonds. The summed E-state index contributed by atoms with van der Waals surface area (Å²) in [4.78, 5) is 33.1. The van der Waals surface area contributed by atoms with Crippen LogP contribution in [0.25, 0.3) is 16.6 Å². The molecule has 0 spiro atoms. The van der Waals surface area contributed by atoms with Crippen LogP contribution < -0.4 is 10.9 Å². The molecule has 0 aliphatic carbocycles. The molecule has 1 aromatic heterocycles. The zero-order valence-corrected chi connectivity index (χ0v) is 23.6. The summed E-state index contributed by atoms with van der Waals surface area (Å²) in [7, 11) is 1.36. The Balaban J connectivity index is 1.84. The monoisotopic (exact) mass is 606 g/mol. The van der Waals surface area contributed by atoms with Crippen molar-refractivity contribution in [3.8, 4) is 5.69 Å². The number of nitrogens with zero attached hydrogens (tertiary/aromatic N) is 3. The maximum absolute atomic E-state index is 13.8. The Morgan fingerprint density at radius 3 is 2.16 bits per heavy atom. The summed E-state index contributed by atoms with van der Waals surface area (Å²) in [6.07, 6.45) is -10.2. The van der Waals surface area contributed by atoms with Crippen molar-refractivity contribution in [1.82, 2.24) is 14.5 Å². The van der Waals surface area contributed by atoms with Crippen molar-refractivity contribution in [2.24, 2.45) is 0 Å². The third-order valence-electron chi connectivity index (χ3n) is 7.03. The Morgan fingerprint density at radius 1 is 0.953 bits per heavy atom. The number of anilines is 1. The predicted octanol–water partition coefficient (Wildman–Crippen LogP) is 7.28. The number of carbonyl (C=O) groups is 1. The second-order valence-corrected chi connectivity index (χ2v) is 9.98. The number of carbonyl (C=O) groups excluding carboxylic acids is 1. The molecule has 1 unspecified atom stereocenters. The third-order valence-corrected chi connectivity index (χ3v) is 7.03. The minimum Gasteiger partial charge on any atom is -0.383 e. The fourth-order valence-corrected chi connectivity index (χ4v) is 4.57. The van der Waals surface area contributed by atoms with Crippen LogP contribution >= 0.6 is 0 Å². The van der Waals surface area contributed by atoms with E-state index in [1.807, 2.05) is 19.9 Å². The van der Waals surface area contributed by atoms with Crippen LogP contribution in [0.1, 0.15) is 41.0 Å². The molecule has 1 N–H and O–H groups in total. The number of nitrogens with one attached hydrogen (secondary N) is 1. The quantitative estimate of drug-likeness (QED) is 0.224. The van der Waals surface area contributed by atoms with Crippen molar-refractivity contribution in [2.75, 3.05) is 25.6 Å². The van der Waals surface area contributed by atoms with Gasteiger partial charge in [-0.3, -0.25) is 9.36 Å². The molecule has 13 heteroatoms. The molecule has 0 saturated carbocycles. The summed E-state index contributed by atoms with van der Waals surface area (Å²) < 4.78 is 87.0. The molecule has 1 atom stereocenters. The topological polar surface area (TPSA) is 76.5 Å². The number of aromatic nitrogens is 2. The van der Waals surface area contributed by atoms with Crippen molar-refractivity contribution >= 4 is 22.6 Å². The zero-order valence-electron chi connectivity index (χ0n) is 23.6. The van der Waals surface area contributed by atoms with Crippen LogP contribution in [0.15, 0.2) is 65.5 Å². The fourth-order valence-electron chi connectivity index (χ4n) is 4.57. The normalized spacial score (nSPS) is 12.8. The van der Waals surface area contributed by atoms with Crippen molar-refractivity contribution < 1.29 is 35.9 Å². The van der Waals surface area contributed by atoms with Crippen molar-refractivity contribution in [3.63, 3.8) is 0 Å². The van der Waals surface area contributed by atoms with E-state index in [1.54, 1.807) is 43.3 Å². The van der Waals surface area contributed by atoms with Crippen LogP contribution in [0.3, 0.4) is 0 Å². The van der Waals surface area contributed by atoms with Gasteiger partial charge in [-0.05, 0) is 74.4 Å². The van der Waals surface area contributed by atoms with E-state index < -0.39 is 46.8 Å². The highest BCUT2D eigenvalue weighted by atomic mass is 19.4. The van der Waals surface area contributed by atoms with Crippen molar-refractivity contribution in [2.45, 2.75) is 39.2 Å². The standard InChI is InChI=1S/C30H28F6N4O3/c1-17-9-10-23(13-18(17)2)40-26(38-25-8-6-5-7-24(25)27(40)41)19(3)39(11-12-43-4)28(42)37-22-15-20(29(31,32)33)14-21(16-22)30(34,35)36/h5-10,13-16,19H,11-12H2,1-4H3,(H,37,42). The lowest BCUT2D eigenvalue weighted by Gasteiger charge is -2.30. The Morgan fingerprint density at radius 2 is 1.58 bits per heavy atom. The first-order chi connectivity index (χ1) is 20.1. The zero-order chi connectivity index (χ0) is 31.7. The molecule has 1 heterocycles. The second kappa shape index (κ2) is 12.1. The fraction of sp³-hybridized carbons (Fsp3) is 0.300. The number of hydrogen-bond acceptors (Lipinski definition) is 4. The van der Waals surface area contributed by atoms with Gasteiger partial charge in [0.25, 0.3) is 5.56 Å². The second-order valence-electron chi connectivity index (χ2n) is 9.98. The molecule has 0 bridgehead atoms. The SMILES string of the molecule is COCCN(C(=O)Nc1cc(C(F)(F)F)cc(C(F)(F)F)c1)C(C)c1nc2ccccc2c(=O)n1-c1ccc(C)c(C)c1. The van der Waals surface area contributed by atoms with E-state index in [4.69, 9.17) is 4.74 Å². The Hall–Kier alpha value is -4.39. The largest absolute Gasteiger partial charge is 0.416 e. The van der Waals surface area contributed by atoms with Gasteiger partial charge in [0.1, 0.15) is 5.82 Å². The van der Waals surface area contributed by atoms with E-state index in [2.05, 4.69) is 10.3 Å². The lowest BCUT2D eigenvalue weighted by atomic mass is 10.1. The maximum Gasteiger partial charge on any atom is 0.416 e. The van der Waals surface area contributed by atoms with Gasteiger partial charge in [-0.25, -0.2) is 9.78 Å². The van der Waals surface area contributed by atoms with E-state index >= 15 is 0 Å². The molecule has 0 aliphatic rings. The van der Waals surface area contributed by atoms with Gasteiger partial charge in [0.15, 0.2) is 0 Å². The van der Waals surface area contributed by atoms with Crippen LogP contribution in [0, 0.1) is 13.8 Å². The number of halogens is 6. The number of methoxy groups -OCH3 is 1. The molecule has 4 aromatic rings. The first-order valence-electron chi connectivity index (χ1n) is 13.1. The van der Waals surface area contributed by atoms with Crippen LogP contribution in [-0.4, -0.2) is 40.7 Å². The van der Waals surface area contributed by atoms with Gasteiger partial charge in [0.05, 0.1) is 40.4 Å². The number of urea groups is 1. The first-order valence-corrected chi connectivity index (χ1v) is 13.1. The Labute approximate surface area is 242 Å². The van der Waals surface area contributed by atoms with E-state index in [9.17, 15) is 35.9 Å². The van der Waals surface area contributed by atoms with Crippen molar-refractivity contribution in [1.29, 1.82) is 0 Å². The Bertz CT molecular complexity index is 1680. The summed E-state index contributed by atoms with van der Waals surface area (Å²) in [5, 5.41) is 2.48. The summed E-state index contributed by atoms with van der Waals surface area (Å²) >= 11 is 0. The highest BCUT2D eigenvalue weighted by molar-refractivity contribution is 5.90. The molecular formula is C30H28F6N4O3. The number of alkyl halides is 6. The van der Waals surface area contributed by atoms with E-state index in [-0.39, 0.29) is 25.0 Å². The number of aryl methyl sites for hydroxylation is 2. The maximum atomic E-state index is 13.8. The number of ether oxygens (including phenoxy) is 1. The smallest absolute Gasteiger partial charge is 0.383 e. The average molecular weight is 607 g/mol. The average Bonchev–Trinajstić information content (AvgIpc) is 2.93. The lowest BCUT2D eigenvalue weighted by Crippen LogP contribution is -2.41. The molecule has 0 saturated heterocycles. The van der Waals surface area contributed by atoms with E-state index in [0.29, 0.717) is 28.7 Å². The molecule has 7 nitrogen and oxygen atoms in total. The number of fused-ring (bicyclic) bond motifs is 1. The molecule has 43 heavy (non-hydrogen) atoms. The van der Waals surface area contributed by atoms with Gasteiger partial charge in [-0.2, -0.15) is 26.3 Å². The third kappa shape index (κ3) is 6.82. The molecule has 4 rings (SSSR count). The highest BCUT2D eigenvalue weighted by Gasteiger charge is 2.37. The molecule has 3 aromatic carbocycles. The predicted molar refractivity (Wildman–Crippen MR) is 149 cm³/mol. The lowest BCUT2D eigenvalue weighted by molar-refractivity contribution is -0.143. The minimum absolute atomic E-state index is 0.0256. The number of benzene rings is 3. The summed E-state index contributed by atoms with van der Waals surface area (Å²) in [5.41, 5.74) is -1.61.